The topological polar surface area (TPSA) is 34.9 Å². The highest BCUT2D eigenvalue weighted by Crippen LogP contribution is 2.29. The molecule has 3 nitrogen and oxygen atoms in total. The third kappa shape index (κ3) is 2.29. The fourth-order valence-electron chi connectivity index (χ4n) is 1.29. The zero-order valence-corrected chi connectivity index (χ0v) is 12.1. The van der Waals surface area contributed by atoms with Crippen molar-refractivity contribution in [2.75, 3.05) is 0 Å². The molecule has 88 valence electrons. The number of aldehydes is 1. The van der Waals surface area contributed by atoms with Crippen LogP contribution in [0.1, 0.15) is 10.4 Å². The summed E-state index contributed by atoms with van der Waals surface area (Å²) in [6.45, 7) is 0. The quantitative estimate of drug-likeness (QED) is 0.736. The highest BCUT2D eigenvalue weighted by atomic mass is 79.9. The van der Waals surface area contributed by atoms with Gasteiger partial charge in [-0.3, -0.25) is 4.79 Å². The van der Waals surface area contributed by atoms with E-state index in [1.165, 1.54) is 22.9 Å². The number of hydrogen-bond donors (Lipinski definition) is 0. The molecule has 0 bridgehead atoms. The molecule has 0 aliphatic heterocycles. The van der Waals surface area contributed by atoms with E-state index in [0.29, 0.717) is 31.8 Å². The highest BCUT2D eigenvalue weighted by molar-refractivity contribution is 9.11. The first kappa shape index (κ1) is 12.7. The molecule has 0 N–H and O–H groups in total. The predicted molar refractivity (Wildman–Crippen MR) is 69.3 cm³/mol. The van der Waals surface area contributed by atoms with E-state index < -0.39 is 5.82 Å². The lowest BCUT2D eigenvalue weighted by molar-refractivity contribution is 0.112. The lowest BCUT2D eigenvalue weighted by Gasteiger charge is -2.05. The zero-order chi connectivity index (χ0) is 12.6. The van der Waals surface area contributed by atoms with Gasteiger partial charge in [-0.2, -0.15) is 5.10 Å². The molecular formula is C10H4Br2ClFN2O. The first-order valence-corrected chi connectivity index (χ1v) is 6.35. The van der Waals surface area contributed by atoms with Crippen molar-refractivity contribution < 1.29 is 9.18 Å². The van der Waals surface area contributed by atoms with Crippen molar-refractivity contribution in [2.45, 2.75) is 0 Å². The minimum Gasteiger partial charge on any atom is -0.298 e. The van der Waals surface area contributed by atoms with Crippen LogP contribution in [0.15, 0.2) is 27.4 Å². The number of carbonyl (C=O) groups is 1. The van der Waals surface area contributed by atoms with Gasteiger partial charge in [0.15, 0.2) is 6.29 Å². The Kier molecular flexibility index (Phi) is 3.65. The van der Waals surface area contributed by atoms with Gasteiger partial charge >= 0.3 is 0 Å². The maximum atomic E-state index is 13.2. The van der Waals surface area contributed by atoms with Crippen LogP contribution in [0.5, 0.6) is 0 Å². The molecule has 0 saturated carbocycles. The van der Waals surface area contributed by atoms with E-state index in [4.69, 9.17) is 11.6 Å². The van der Waals surface area contributed by atoms with Crippen LogP contribution < -0.4 is 0 Å². The van der Waals surface area contributed by atoms with E-state index in [-0.39, 0.29) is 0 Å². The van der Waals surface area contributed by atoms with Crippen LogP contribution >= 0.6 is 43.5 Å². The van der Waals surface area contributed by atoms with Gasteiger partial charge in [0.25, 0.3) is 0 Å². The predicted octanol–water partition coefficient (Wildman–Crippen LogP) is 4.00. The Morgan fingerprint density at radius 1 is 1.41 bits per heavy atom. The molecule has 0 aliphatic carbocycles. The number of aromatic nitrogens is 2. The normalized spacial score (nSPS) is 10.6. The molecule has 2 rings (SSSR count). The molecule has 1 heterocycles. The second-order valence-corrected chi connectivity index (χ2v) is 5.03. The van der Waals surface area contributed by atoms with Gasteiger partial charge in [-0.05, 0) is 44.0 Å². The van der Waals surface area contributed by atoms with E-state index in [1.807, 2.05) is 0 Å². The molecule has 0 unspecified atom stereocenters. The van der Waals surface area contributed by atoms with Crippen LogP contribution in [-0.4, -0.2) is 16.1 Å². The molecule has 0 atom stereocenters. The molecule has 0 fully saturated rings. The SMILES string of the molecule is O=Cc1c(Br)nn(-c2cc(F)ccc2Cl)c1Br. The third-order valence-electron chi connectivity index (χ3n) is 2.07. The molecule has 2 aromatic rings. The Balaban J connectivity index is 2.68. The smallest absolute Gasteiger partial charge is 0.155 e. The third-order valence-corrected chi connectivity index (χ3v) is 3.74. The van der Waals surface area contributed by atoms with Gasteiger partial charge in [0.2, 0.25) is 0 Å². The molecular weight excluding hydrogens is 378 g/mol. The number of benzene rings is 1. The van der Waals surface area contributed by atoms with Gasteiger partial charge in [0.05, 0.1) is 16.3 Å². The molecule has 0 radical (unpaired) electrons. The maximum absolute atomic E-state index is 13.2. The fourth-order valence-corrected chi connectivity index (χ4v) is 2.74. The molecule has 17 heavy (non-hydrogen) atoms. The highest BCUT2D eigenvalue weighted by Gasteiger charge is 2.16. The summed E-state index contributed by atoms with van der Waals surface area (Å²) in [5, 5.41) is 4.39. The first-order valence-electron chi connectivity index (χ1n) is 4.39. The number of hydrogen-bond acceptors (Lipinski definition) is 2. The maximum Gasteiger partial charge on any atom is 0.155 e. The van der Waals surface area contributed by atoms with Crippen molar-refractivity contribution in [3.63, 3.8) is 0 Å². The van der Waals surface area contributed by atoms with E-state index in [2.05, 4.69) is 37.0 Å². The van der Waals surface area contributed by atoms with Crippen LogP contribution in [0.4, 0.5) is 4.39 Å². The largest absolute Gasteiger partial charge is 0.298 e. The Bertz CT molecular complexity index is 600. The van der Waals surface area contributed by atoms with Gasteiger partial charge in [-0.15, -0.1) is 0 Å². The summed E-state index contributed by atoms with van der Waals surface area (Å²) in [6.07, 6.45) is 0.644. The molecule has 0 aliphatic rings. The van der Waals surface area contributed by atoms with Crippen molar-refractivity contribution in [1.82, 2.24) is 9.78 Å². The van der Waals surface area contributed by atoms with Crippen molar-refractivity contribution >= 4 is 49.7 Å². The molecule has 0 amide bonds. The van der Waals surface area contributed by atoms with E-state index in [9.17, 15) is 9.18 Å². The first-order chi connectivity index (χ1) is 8.04. The summed E-state index contributed by atoms with van der Waals surface area (Å²) in [5.74, 6) is -0.435. The molecule has 1 aromatic carbocycles. The van der Waals surface area contributed by atoms with Crippen molar-refractivity contribution in [2.24, 2.45) is 0 Å². The summed E-state index contributed by atoms with van der Waals surface area (Å²) in [5.41, 5.74) is 0.692. The fraction of sp³-hybridized carbons (Fsp3) is 0. The van der Waals surface area contributed by atoms with Gasteiger partial charge < -0.3 is 0 Å². The van der Waals surface area contributed by atoms with Crippen LogP contribution in [0.25, 0.3) is 5.69 Å². The van der Waals surface area contributed by atoms with E-state index in [1.54, 1.807) is 0 Å². The van der Waals surface area contributed by atoms with E-state index >= 15 is 0 Å². The Hall–Kier alpha value is -0.720. The van der Waals surface area contributed by atoms with Crippen LogP contribution in [-0.2, 0) is 0 Å². The standard InChI is InChI=1S/C10H4Br2ClFN2O/c11-9-6(4-17)10(12)16(15-9)8-3-5(14)1-2-7(8)13/h1-4H. The average molecular weight is 382 g/mol. The number of halogens is 4. The lowest BCUT2D eigenvalue weighted by Crippen LogP contribution is -1.98. The molecule has 0 spiro atoms. The van der Waals surface area contributed by atoms with E-state index in [0.717, 1.165) is 0 Å². The van der Waals surface area contributed by atoms with Gasteiger partial charge in [0.1, 0.15) is 15.0 Å². The van der Waals surface area contributed by atoms with Crippen molar-refractivity contribution in [3.8, 4) is 5.69 Å². The number of rotatable bonds is 2. The van der Waals surface area contributed by atoms with Crippen LogP contribution in [0.3, 0.4) is 0 Å². The average Bonchev–Trinajstić information content (AvgIpc) is 2.57. The van der Waals surface area contributed by atoms with Crippen molar-refractivity contribution in [1.29, 1.82) is 0 Å². The molecule has 7 heteroatoms. The summed E-state index contributed by atoms with van der Waals surface area (Å²) in [4.78, 5) is 10.8. The van der Waals surface area contributed by atoms with Gasteiger partial charge in [0, 0.05) is 6.07 Å². The van der Waals surface area contributed by atoms with Crippen LogP contribution in [0.2, 0.25) is 5.02 Å². The van der Waals surface area contributed by atoms with Crippen LogP contribution in [0, 0.1) is 5.82 Å². The molecule has 1 aromatic heterocycles. The summed E-state index contributed by atoms with van der Waals surface area (Å²) in [6, 6.07) is 3.91. The lowest BCUT2D eigenvalue weighted by atomic mass is 10.3. The monoisotopic (exact) mass is 380 g/mol. The second kappa shape index (κ2) is 4.88. The van der Waals surface area contributed by atoms with Crippen molar-refractivity contribution in [3.05, 3.63) is 43.8 Å². The minimum absolute atomic E-state index is 0.333. The second-order valence-electron chi connectivity index (χ2n) is 3.12. The summed E-state index contributed by atoms with van der Waals surface area (Å²) >= 11 is 12.3. The van der Waals surface area contributed by atoms with Gasteiger partial charge in [-0.25, -0.2) is 9.07 Å². The Morgan fingerprint density at radius 3 is 2.71 bits per heavy atom. The summed E-state index contributed by atoms with van der Waals surface area (Å²) in [7, 11) is 0. The number of carbonyl (C=O) groups excluding carboxylic acids is 1. The summed E-state index contributed by atoms with van der Waals surface area (Å²) < 4.78 is 15.3. The minimum atomic E-state index is -0.435. The Morgan fingerprint density at radius 2 is 2.12 bits per heavy atom. The zero-order valence-electron chi connectivity index (χ0n) is 8.12. The Labute approximate surface area is 118 Å². The number of nitrogens with zero attached hydrogens (tertiary/aromatic N) is 2. The van der Waals surface area contributed by atoms with Gasteiger partial charge in [-0.1, -0.05) is 11.6 Å². The molecule has 0 saturated heterocycles.